The topological polar surface area (TPSA) is 111 Å². The molecule has 5 rings (SSSR count). The van der Waals surface area contributed by atoms with Gasteiger partial charge in [0.25, 0.3) is 15.9 Å². The van der Waals surface area contributed by atoms with Gasteiger partial charge in [-0.3, -0.25) is 4.79 Å². The van der Waals surface area contributed by atoms with Gasteiger partial charge in [-0.1, -0.05) is 23.7 Å². The summed E-state index contributed by atoms with van der Waals surface area (Å²) in [6.07, 6.45) is 6.84. The Kier molecular flexibility index (Phi) is 8.20. The average Bonchev–Trinajstić information content (AvgIpc) is 3.05. The summed E-state index contributed by atoms with van der Waals surface area (Å²) in [6, 6.07) is 10.9. The van der Waals surface area contributed by atoms with E-state index in [2.05, 4.69) is 28.3 Å². The number of carbonyl (C=O) groups is 1. The molecule has 0 radical (unpaired) electrons. The van der Waals surface area contributed by atoms with Crippen LogP contribution in [0.3, 0.4) is 0 Å². The molecule has 1 heterocycles. The molecule has 1 aliphatic heterocycles. The molecule has 1 saturated carbocycles. The zero-order chi connectivity index (χ0) is 29.6. The van der Waals surface area contributed by atoms with Crippen molar-refractivity contribution >= 4 is 33.2 Å². The van der Waals surface area contributed by atoms with Crippen molar-refractivity contribution in [2.24, 2.45) is 17.6 Å². The lowest BCUT2D eigenvalue weighted by Gasteiger charge is -2.46. The van der Waals surface area contributed by atoms with Crippen LogP contribution in [0.1, 0.15) is 50.7 Å². The van der Waals surface area contributed by atoms with Crippen LogP contribution in [0.4, 0.5) is 5.69 Å². The molecule has 3 aliphatic rings. The smallest absolute Gasteiger partial charge is 0.264 e. The number of rotatable bonds is 8. The Morgan fingerprint density at radius 1 is 1.32 bits per heavy atom. The van der Waals surface area contributed by atoms with E-state index < -0.39 is 21.5 Å². The van der Waals surface area contributed by atoms with Crippen LogP contribution >= 0.6 is 11.6 Å². The molecule has 222 valence electrons. The fourth-order valence-electron chi connectivity index (χ4n) is 6.56. The van der Waals surface area contributed by atoms with Crippen LogP contribution in [0.15, 0.2) is 53.9 Å². The predicted octanol–water partition coefficient (Wildman–Crippen LogP) is 4.58. The number of ether oxygens (including phenoxy) is 2. The fourth-order valence-corrected chi connectivity index (χ4v) is 7.89. The van der Waals surface area contributed by atoms with E-state index in [1.165, 1.54) is 31.0 Å². The third-order valence-corrected chi connectivity index (χ3v) is 10.6. The number of methoxy groups -OCH3 is 1. The maximum Gasteiger partial charge on any atom is 0.264 e. The molecule has 1 unspecified atom stereocenters. The Morgan fingerprint density at radius 3 is 2.76 bits per heavy atom. The number of halogens is 1. The second kappa shape index (κ2) is 11.2. The molecule has 0 aromatic heterocycles. The number of anilines is 1. The summed E-state index contributed by atoms with van der Waals surface area (Å²) in [5.74, 6) is 0.517. The van der Waals surface area contributed by atoms with Gasteiger partial charge in [-0.05, 0) is 99.2 Å². The summed E-state index contributed by atoms with van der Waals surface area (Å²) >= 11 is 6.37. The van der Waals surface area contributed by atoms with Gasteiger partial charge in [-0.15, -0.1) is 6.58 Å². The first kappa shape index (κ1) is 29.9. The van der Waals surface area contributed by atoms with Crippen molar-refractivity contribution in [1.82, 2.24) is 4.72 Å². The average molecular weight is 602 g/mol. The van der Waals surface area contributed by atoms with E-state index in [1.807, 2.05) is 12.1 Å². The van der Waals surface area contributed by atoms with E-state index in [9.17, 15) is 13.2 Å². The number of nitrogens with one attached hydrogen (secondary N) is 1. The first-order valence-electron chi connectivity index (χ1n) is 14.2. The van der Waals surface area contributed by atoms with Crippen LogP contribution in [0.25, 0.3) is 0 Å². The first-order chi connectivity index (χ1) is 19.4. The maximum absolute atomic E-state index is 13.3. The Balaban J connectivity index is 1.55. The molecule has 41 heavy (non-hydrogen) atoms. The normalized spacial score (nSPS) is 24.8. The molecule has 3 N–H and O–H groups in total. The highest BCUT2D eigenvalue weighted by molar-refractivity contribution is 7.90. The number of sulfonamides is 1. The zero-order valence-electron chi connectivity index (χ0n) is 24.0. The molecular formula is C31H40ClN3O5S. The van der Waals surface area contributed by atoms with E-state index in [1.54, 1.807) is 19.2 Å². The monoisotopic (exact) mass is 601 g/mol. The lowest BCUT2D eigenvalue weighted by molar-refractivity contribution is -0.123. The van der Waals surface area contributed by atoms with E-state index in [-0.39, 0.29) is 16.4 Å². The summed E-state index contributed by atoms with van der Waals surface area (Å²) in [5.41, 5.74) is 7.39. The molecule has 2 aromatic carbocycles. The van der Waals surface area contributed by atoms with Gasteiger partial charge in [-0.25, -0.2) is 13.1 Å². The number of amides is 1. The van der Waals surface area contributed by atoms with Crippen LogP contribution in [0, 0.1) is 11.8 Å². The van der Waals surface area contributed by atoms with Crippen LogP contribution in [-0.4, -0.2) is 52.8 Å². The Bertz CT molecular complexity index is 1440. The van der Waals surface area contributed by atoms with Crippen molar-refractivity contribution in [1.29, 1.82) is 0 Å². The van der Waals surface area contributed by atoms with Crippen LogP contribution in [0.5, 0.6) is 5.75 Å². The van der Waals surface area contributed by atoms with Crippen molar-refractivity contribution in [2.75, 3.05) is 31.7 Å². The molecule has 1 spiro atoms. The summed E-state index contributed by atoms with van der Waals surface area (Å²) in [5, 5.41) is 0.723. The standard InChI is InChI=1S/C31H40ClN3O5S/c1-5-27(39-4)24-11-8-21(24)17-35-18-31(14-6-7-20-15-22(32)9-12-25(20)31)19-40-28-13-10-23(16-26(28)35)41(37,38)34-29(36)30(2,3)33/h5,9-10,12-13,15-16,21,24,27H,1,6-8,11,14,17-19,33H2,2-4H3,(H,34,36)/t21-,24+,27?,31-/m0/s1. The van der Waals surface area contributed by atoms with Gasteiger partial charge >= 0.3 is 0 Å². The van der Waals surface area contributed by atoms with Crippen molar-refractivity contribution in [3.8, 4) is 5.75 Å². The van der Waals surface area contributed by atoms with Crippen molar-refractivity contribution < 1.29 is 22.7 Å². The van der Waals surface area contributed by atoms with Crippen LogP contribution < -0.4 is 20.1 Å². The molecule has 0 bridgehead atoms. The van der Waals surface area contributed by atoms with Crippen LogP contribution in [-0.2, 0) is 31.4 Å². The number of carbonyl (C=O) groups excluding carboxylic acids is 1. The molecule has 4 atom stereocenters. The van der Waals surface area contributed by atoms with Crippen LogP contribution in [0.2, 0.25) is 5.02 Å². The number of nitrogens with zero attached hydrogens (tertiary/aromatic N) is 1. The number of hydrogen-bond acceptors (Lipinski definition) is 7. The maximum atomic E-state index is 13.3. The number of hydrogen-bond donors (Lipinski definition) is 2. The third kappa shape index (κ3) is 5.87. The lowest BCUT2D eigenvalue weighted by atomic mass is 9.68. The molecular weight excluding hydrogens is 562 g/mol. The quantitative estimate of drug-likeness (QED) is 0.426. The van der Waals surface area contributed by atoms with Gasteiger partial charge in [0.1, 0.15) is 5.75 Å². The predicted molar refractivity (Wildman–Crippen MR) is 161 cm³/mol. The Hall–Kier alpha value is -2.59. The van der Waals surface area contributed by atoms with Crippen molar-refractivity contribution in [2.45, 2.75) is 67.9 Å². The second-order valence-electron chi connectivity index (χ2n) is 12.3. The van der Waals surface area contributed by atoms with E-state index in [0.29, 0.717) is 43.0 Å². The Labute approximate surface area is 248 Å². The highest BCUT2D eigenvalue weighted by Crippen LogP contribution is 2.47. The van der Waals surface area contributed by atoms with Gasteiger partial charge in [0, 0.05) is 30.6 Å². The number of benzene rings is 2. The number of fused-ring (bicyclic) bond motifs is 3. The van der Waals surface area contributed by atoms with E-state index >= 15 is 0 Å². The summed E-state index contributed by atoms with van der Waals surface area (Å²) in [6.45, 7) is 8.74. The van der Waals surface area contributed by atoms with Gasteiger partial charge < -0.3 is 20.1 Å². The highest BCUT2D eigenvalue weighted by Gasteiger charge is 2.44. The first-order valence-corrected chi connectivity index (χ1v) is 16.1. The minimum Gasteiger partial charge on any atom is -0.490 e. The fraction of sp³-hybridized carbons (Fsp3) is 0.516. The molecule has 10 heteroatoms. The largest absolute Gasteiger partial charge is 0.490 e. The van der Waals surface area contributed by atoms with Gasteiger partial charge in [0.2, 0.25) is 0 Å². The SMILES string of the molecule is C=CC(OC)[C@@H]1CC[C@H]1CN1C[C@@]2(CCCc3cc(Cl)ccc32)COc2ccc(S(=O)(=O)NC(=O)C(C)(C)N)cc21. The van der Waals surface area contributed by atoms with E-state index in [4.69, 9.17) is 26.8 Å². The molecule has 1 fully saturated rings. The zero-order valence-corrected chi connectivity index (χ0v) is 25.6. The van der Waals surface area contributed by atoms with Gasteiger partial charge in [-0.2, -0.15) is 0 Å². The summed E-state index contributed by atoms with van der Waals surface area (Å²) in [7, 11) is -2.45. The minimum atomic E-state index is -4.16. The summed E-state index contributed by atoms with van der Waals surface area (Å²) in [4.78, 5) is 14.7. The lowest BCUT2D eigenvalue weighted by Crippen LogP contribution is -2.50. The van der Waals surface area contributed by atoms with Crippen molar-refractivity contribution in [3.63, 3.8) is 0 Å². The van der Waals surface area contributed by atoms with Gasteiger partial charge in [0.05, 0.1) is 28.8 Å². The molecule has 2 aliphatic carbocycles. The third-order valence-electron chi connectivity index (χ3n) is 8.99. The number of nitrogens with two attached hydrogens (primary N) is 1. The van der Waals surface area contributed by atoms with Gasteiger partial charge in [0.15, 0.2) is 0 Å². The minimum absolute atomic E-state index is 0.0137. The molecule has 1 amide bonds. The Morgan fingerprint density at radius 2 is 2.10 bits per heavy atom. The number of aryl methyl sites for hydroxylation is 1. The van der Waals surface area contributed by atoms with E-state index in [0.717, 1.165) is 37.1 Å². The molecule has 0 saturated heterocycles. The summed E-state index contributed by atoms with van der Waals surface area (Å²) < 4.78 is 40.9. The highest BCUT2D eigenvalue weighted by atomic mass is 35.5. The molecule has 2 aromatic rings. The van der Waals surface area contributed by atoms with Crippen molar-refractivity contribution in [3.05, 3.63) is 65.2 Å². The molecule has 8 nitrogen and oxygen atoms in total. The second-order valence-corrected chi connectivity index (χ2v) is 14.4.